The first-order valence-corrected chi connectivity index (χ1v) is 13.5. The van der Waals surface area contributed by atoms with Crippen LogP contribution in [0.5, 0.6) is 11.5 Å². The summed E-state index contributed by atoms with van der Waals surface area (Å²) in [5, 5.41) is 0. The number of rotatable bonds is 8. The number of aromatic nitrogens is 4. The number of nitrogens with two attached hydrogens (primary N) is 1. The lowest BCUT2D eigenvalue weighted by Gasteiger charge is -2.34. The lowest BCUT2D eigenvalue weighted by atomic mass is 9.90. The molecule has 4 aromatic rings. The van der Waals surface area contributed by atoms with Gasteiger partial charge in [-0.2, -0.15) is 0 Å². The van der Waals surface area contributed by atoms with Crippen molar-refractivity contribution in [1.82, 2.24) is 28.9 Å². The number of nitrogen functional groups attached to an aromatic ring is 1. The molecule has 0 aliphatic heterocycles. The molecule has 0 bridgehead atoms. The standard InChI is InChI=1S/C30H35N7O3/c1-34(2)19-7-10-26(38)35(3)21-11-13-23(14-12-21)37-29-27(28(31)32-20-33-29)36(30(37)39)22-15-17-25(18-16-22)40-24-8-5-4-6-9-24/h4-10,15-18,20-21,23H,11-14,19H2,1-3H3,(H2,31,32,33)/b10-7+/t21-,23+. The van der Waals surface area contributed by atoms with E-state index in [1.165, 1.54) is 6.33 Å². The van der Waals surface area contributed by atoms with E-state index in [1.807, 2.05) is 91.6 Å². The van der Waals surface area contributed by atoms with E-state index >= 15 is 0 Å². The molecule has 1 aliphatic carbocycles. The number of para-hydroxylation sites is 1. The van der Waals surface area contributed by atoms with Gasteiger partial charge in [0, 0.05) is 31.8 Å². The van der Waals surface area contributed by atoms with Gasteiger partial charge in [-0.3, -0.25) is 13.9 Å². The number of hydrogen-bond donors (Lipinski definition) is 1. The average molecular weight is 542 g/mol. The van der Waals surface area contributed by atoms with Gasteiger partial charge in [0.2, 0.25) is 5.91 Å². The summed E-state index contributed by atoms with van der Waals surface area (Å²) in [6.45, 7) is 0.715. The van der Waals surface area contributed by atoms with Crippen molar-refractivity contribution in [3.05, 3.63) is 83.6 Å². The Morgan fingerprint density at radius 3 is 2.35 bits per heavy atom. The molecule has 2 aromatic carbocycles. The summed E-state index contributed by atoms with van der Waals surface area (Å²) in [5.41, 5.74) is 7.74. The van der Waals surface area contributed by atoms with Crippen LogP contribution in [-0.2, 0) is 4.79 Å². The van der Waals surface area contributed by atoms with Crippen LogP contribution in [0, 0.1) is 0 Å². The number of ether oxygens (including phenoxy) is 1. The second-order valence-corrected chi connectivity index (χ2v) is 10.4. The molecular weight excluding hydrogens is 506 g/mol. The number of benzene rings is 2. The highest BCUT2D eigenvalue weighted by Gasteiger charge is 2.30. The summed E-state index contributed by atoms with van der Waals surface area (Å²) in [6.07, 6.45) is 7.99. The summed E-state index contributed by atoms with van der Waals surface area (Å²) in [6, 6.07) is 16.9. The minimum atomic E-state index is -0.210. The summed E-state index contributed by atoms with van der Waals surface area (Å²) in [5.74, 6) is 1.63. The molecule has 1 aliphatic rings. The fraction of sp³-hybridized carbons (Fsp3) is 0.333. The number of nitrogens with zero attached hydrogens (tertiary/aromatic N) is 6. The molecule has 2 aromatic heterocycles. The summed E-state index contributed by atoms with van der Waals surface area (Å²) < 4.78 is 9.24. The Labute approximate surface area is 233 Å². The van der Waals surface area contributed by atoms with Crippen molar-refractivity contribution < 1.29 is 9.53 Å². The molecule has 40 heavy (non-hydrogen) atoms. The lowest BCUT2D eigenvalue weighted by Crippen LogP contribution is -2.40. The quantitative estimate of drug-likeness (QED) is 0.336. The molecule has 2 heterocycles. The van der Waals surface area contributed by atoms with Gasteiger partial charge in [-0.05, 0) is 76.2 Å². The molecule has 1 fully saturated rings. The van der Waals surface area contributed by atoms with Crippen LogP contribution < -0.4 is 16.2 Å². The van der Waals surface area contributed by atoms with Gasteiger partial charge in [0.15, 0.2) is 11.5 Å². The first-order valence-electron chi connectivity index (χ1n) is 13.5. The van der Waals surface area contributed by atoms with E-state index in [0.29, 0.717) is 29.1 Å². The first kappa shape index (κ1) is 27.1. The van der Waals surface area contributed by atoms with E-state index in [4.69, 9.17) is 10.5 Å². The Morgan fingerprint density at radius 2 is 1.68 bits per heavy atom. The number of amides is 1. The molecule has 10 nitrogen and oxygen atoms in total. The number of imidazole rings is 1. The number of carbonyl (C=O) groups is 1. The Balaban J connectivity index is 1.38. The monoisotopic (exact) mass is 541 g/mol. The third-order valence-electron chi connectivity index (χ3n) is 7.41. The van der Waals surface area contributed by atoms with Crippen molar-refractivity contribution in [1.29, 1.82) is 0 Å². The van der Waals surface area contributed by atoms with Crippen LogP contribution in [0.4, 0.5) is 5.82 Å². The predicted molar refractivity (Wildman–Crippen MR) is 156 cm³/mol. The Kier molecular flexibility index (Phi) is 7.97. The average Bonchev–Trinajstić information content (AvgIpc) is 3.26. The van der Waals surface area contributed by atoms with Crippen molar-refractivity contribution in [3.8, 4) is 17.2 Å². The van der Waals surface area contributed by atoms with Gasteiger partial charge in [0.25, 0.3) is 0 Å². The maximum absolute atomic E-state index is 13.9. The van der Waals surface area contributed by atoms with E-state index in [1.54, 1.807) is 15.2 Å². The van der Waals surface area contributed by atoms with Gasteiger partial charge in [0.05, 0.1) is 5.69 Å². The maximum Gasteiger partial charge on any atom is 0.335 e. The number of carbonyl (C=O) groups excluding carboxylic acids is 1. The summed E-state index contributed by atoms with van der Waals surface area (Å²) in [4.78, 5) is 39.0. The topological polar surface area (TPSA) is 112 Å². The molecule has 0 atom stereocenters. The maximum atomic E-state index is 13.9. The van der Waals surface area contributed by atoms with Crippen molar-refractivity contribution >= 4 is 22.9 Å². The zero-order chi connectivity index (χ0) is 28.2. The second-order valence-electron chi connectivity index (χ2n) is 10.4. The molecular formula is C30H35N7O3. The Bertz CT molecular complexity index is 1550. The molecule has 0 spiro atoms. The lowest BCUT2D eigenvalue weighted by molar-refractivity contribution is -0.127. The van der Waals surface area contributed by atoms with Gasteiger partial charge >= 0.3 is 5.69 Å². The molecule has 0 radical (unpaired) electrons. The normalized spacial score (nSPS) is 17.5. The van der Waals surface area contributed by atoms with Crippen LogP contribution in [0.2, 0.25) is 0 Å². The van der Waals surface area contributed by atoms with Crippen LogP contribution in [-0.4, -0.2) is 68.5 Å². The van der Waals surface area contributed by atoms with Crippen molar-refractivity contribution in [2.75, 3.05) is 33.4 Å². The summed E-state index contributed by atoms with van der Waals surface area (Å²) >= 11 is 0. The molecule has 208 valence electrons. The first-order chi connectivity index (χ1) is 19.3. The second kappa shape index (κ2) is 11.7. The van der Waals surface area contributed by atoms with Gasteiger partial charge in [-0.25, -0.2) is 14.8 Å². The van der Waals surface area contributed by atoms with Crippen molar-refractivity contribution in [2.24, 2.45) is 0 Å². The van der Waals surface area contributed by atoms with E-state index < -0.39 is 0 Å². The SMILES string of the molecule is CN(C)C/C=C/C(=O)N(C)[C@H]1CC[C@@H](n2c(=O)n(-c3ccc(Oc4ccccc4)cc3)c3c(N)ncnc32)CC1. The zero-order valence-corrected chi connectivity index (χ0v) is 23.1. The number of hydrogen-bond acceptors (Lipinski definition) is 7. The van der Waals surface area contributed by atoms with Crippen LogP contribution >= 0.6 is 0 Å². The van der Waals surface area contributed by atoms with E-state index in [9.17, 15) is 9.59 Å². The number of fused-ring (bicyclic) bond motifs is 1. The summed E-state index contributed by atoms with van der Waals surface area (Å²) in [7, 11) is 5.78. The van der Waals surface area contributed by atoms with Crippen molar-refractivity contribution in [2.45, 2.75) is 37.8 Å². The highest BCUT2D eigenvalue weighted by Crippen LogP contribution is 2.33. The number of anilines is 1. The van der Waals surface area contributed by atoms with Crippen molar-refractivity contribution in [3.63, 3.8) is 0 Å². The van der Waals surface area contributed by atoms with Gasteiger partial charge < -0.3 is 20.3 Å². The third kappa shape index (κ3) is 5.62. The largest absolute Gasteiger partial charge is 0.457 e. The molecule has 1 saturated carbocycles. The van der Waals surface area contributed by atoms with Gasteiger partial charge in [0.1, 0.15) is 23.3 Å². The fourth-order valence-electron chi connectivity index (χ4n) is 5.29. The number of likely N-dealkylation sites (N-methyl/N-ethyl adjacent to an activating group) is 2. The van der Waals surface area contributed by atoms with E-state index in [0.717, 1.165) is 31.4 Å². The smallest absolute Gasteiger partial charge is 0.335 e. The Morgan fingerprint density at radius 1 is 1.00 bits per heavy atom. The molecule has 5 rings (SSSR count). The third-order valence-corrected chi connectivity index (χ3v) is 7.41. The van der Waals surface area contributed by atoms with Crippen LogP contribution in [0.25, 0.3) is 16.9 Å². The van der Waals surface area contributed by atoms with E-state index in [-0.39, 0.29) is 29.5 Å². The van der Waals surface area contributed by atoms with Crippen LogP contribution in [0.15, 0.2) is 77.9 Å². The highest BCUT2D eigenvalue weighted by atomic mass is 16.5. The molecule has 0 unspecified atom stereocenters. The minimum absolute atomic E-state index is 0.000671. The van der Waals surface area contributed by atoms with Crippen LogP contribution in [0.1, 0.15) is 31.7 Å². The van der Waals surface area contributed by atoms with Crippen LogP contribution in [0.3, 0.4) is 0 Å². The minimum Gasteiger partial charge on any atom is -0.457 e. The van der Waals surface area contributed by atoms with Gasteiger partial charge in [-0.15, -0.1) is 0 Å². The molecule has 1 amide bonds. The van der Waals surface area contributed by atoms with Gasteiger partial charge in [-0.1, -0.05) is 24.3 Å². The molecule has 2 N–H and O–H groups in total. The molecule has 10 heteroatoms. The highest BCUT2D eigenvalue weighted by molar-refractivity contribution is 5.87. The molecule has 0 saturated heterocycles. The predicted octanol–water partition coefficient (Wildman–Crippen LogP) is 4.02. The fourth-order valence-corrected chi connectivity index (χ4v) is 5.29. The zero-order valence-electron chi connectivity index (χ0n) is 23.1. The van der Waals surface area contributed by atoms with E-state index in [2.05, 4.69) is 9.97 Å². The Hall–Kier alpha value is -4.44.